The molecule has 1 heterocycles. The molecule has 0 aliphatic carbocycles. The summed E-state index contributed by atoms with van der Waals surface area (Å²) in [4.78, 5) is 11.1. The van der Waals surface area contributed by atoms with E-state index in [9.17, 15) is 13.6 Å². The van der Waals surface area contributed by atoms with Crippen LogP contribution in [0.25, 0.3) is 0 Å². The van der Waals surface area contributed by atoms with Gasteiger partial charge in [0.1, 0.15) is 6.61 Å². The van der Waals surface area contributed by atoms with Crippen molar-refractivity contribution in [3.8, 4) is 5.75 Å². The Bertz CT molecular complexity index is 596. The molecular weight excluding hydrogens is 272 g/mol. The summed E-state index contributed by atoms with van der Waals surface area (Å²) in [5.41, 5.74) is 1.94. The Kier molecular flexibility index (Phi) is 4.20. The van der Waals surface area contributed by atoms with Crippen LogP contribution in [0.5, 0.6) is 5.75 Å². The molecule has 9 heteroatoms. The van der Waals surface area contributed by atoms with Crippen LogP contribution >= 0.6 is 0 Å². The van der Waals surface area contributed by atoms with Crippen molar-refractivity contribution in [1.29, 1.82) is 0 Å². The molecule has 0 aliphatic heterocycles. The highest BCUT2D eigenvalue weighted by Gasteiger charge is 2.11. The number of hydrazine groups is 1. The predicted molar refractivity (Wildman–Crippen MR) is 63.5 cm³/mol. The molecule has 2 rings (SSSR count). The number of nitrogens with two attached hydrogens (primary N) is 1. The second kappa shape index (κ2) is 6.06. The molecule has 1 aromatic heterocycles. The van der Waals surface area contributed by atoms with E-state index in [-0.39, 0.29) is 18.8 Å². The van der Waals surface area contributed by atoms with Crippen LogP contribution in [0.2, 0.25) is 0 Å². The zero-order valence-corrected chi connectivity index (χ0v) is 10.2. The van der Waals surface area contributed by atoms with Crippen molar-refractivity contribution >= 4 is 5.91 Å². The number of halogens is 2. The lowest BCUT2D eigenvalue weighted by Gasteiger charge is -2.07. The van der Waals surface area contributed by atoms with Crippen molar-refractivity contribution in [2.45, 2.75) is 6.54 Å². The Hall–Kier alpha value is -2.55. The summed E-state index contributed by atoms with van der Waals surface area (Å²) >= 11 is 0. The third kappa shape index (κ3) is 3.06. The van der Waals surface area contributed by atoms with E-state index in [2.05, 4.69) is 10.3 Å². The fourth-order valence-electron chi connectivity index (χ4n) is 1.45. The maximum Gasteiger partial charge on any atom is 0.287 e. The number of nitrogen functional groups attached to an aromatic ring is 1. The Morgan fingerprint density at radius 1 is 1.40 bits per heavy atom. The molecule has 0 unspecified atom stereocenters. The van der Waals surface area contributed by atoms with E-state index in [0.29, 0.717) is 0 Å². The Balaban J connectivity index is 1.93. The first kappa shape index (κ1) is 13.9. The molecule has 0 fully saturated rings. The standard InChI is InChI=1S/C11H11F2N5O2/c12-7-2-1-3-8(13)10(7)20-5-4-18-6-9(16-17-18)11(19)15-14/h1-3,6H,4-5,14H2,(H,15,19). The minimum Gasteiger partial charge on any atom is -0.486 e. The molecule has 20 heavy (non-hydrogen) atoms. The van der Waals surface area contributed by atoms with E-state index >= 15 is 0 Å². The second-order valence-corrected chi connectivity index (χ2v) is 3.74. The molecule has 1 aromatic carbocycles. The first-order chi connectivity index (χ1) is 9.61. The highest BCUT2D eigenvalue weighted by atomic mass is 19.1. The van der Waals surface area contributed by atoms with Crippen LogP contribution in [0.4, 0.5) is 8.78 Å². The fourth-order valence-corrected chi connectivity index (χ4v) is 1.45. The van der Waals surface area contributed by atoms with Crippen molar-refractivity contribution in [2.24, 2.45) is 5.84 Å². The SMILES string of the molecule is NNC(=O)c1cn(CCOc2c(F)cccc2F)nn1. The van der Waals surface area contributed by atoms with Gasteiger partial charge < -0.3 is 4.74 Å². The third-order valence-electron chi connectivity index (χ3n) is 2.39. The Morgan fingerprint density at radius 3 is 2.75 bits per heavy atom. The summed E-state index contributed by atoms with van der Waals surface area (Å²) in [6.45, 7) is 0.128. The van der Waals surface area contributed by atoms with Crippen molar-refractivity contribution in [2.75, 3.05) is 6.61 Å². The Labute approximate surface area is 112 Å². The Morgan fingerprint density at radius 2 is 2.10 bits per heavy atom. The molecule has 0 bridgehead atoms. The summed E-state index contributed by atoms with van der Waals surface area (Å²) in [5.74, 6) is 2.33. The van der Waals surface area contributed by atoms with E-state index in [1.165, 1.54) is 16.9 Å². The quantitative estimate of drug-likeness (QED) is 0.465. The predicted octanol–water partition coefficient (Wildman–Crippen LogP) is 0.239. The van der Waals surface area contributed by atoms with Gasteiger partial charge in [0.05, 0.1) is 12.7 Å². The maximum atomic E-state index is 13.3. The molecule has 0 saturated carbocycles. The molecule has 0 aliphatic rings. The number of nitrogens with zero attached hydrogens (tertiary/aromatic N) is 3. The van der Waals surface area contributed by atoms with E-state index in [0.717, 1.165) is 12.1 Å². The largest absolute Gasteiger partial charge is 0.486 e. The summed E-state index contributed by atoms with van der Waals surface area (Å²) in [7, 11) is 0. The van der Waals surface area contributed by atoms with Gasteiger partial charge in [-0.05, 0) is 12.1 Å². The number of para-hydroxylation sites is 1. The first-order valence-corrected chi connectivity index (χ1v) is 5.59. The first-order valence-electron chi connectivity index (χ1n) is 5.59. The molecule has 3 N–H and O–H groups in total. The van der Waals surface area contributed by atoms with Gasteiger partial charge in [-0.2, -0.15) is 0 Å². The van der Waals surface area contributed by atoms with Crippen LogP contribution in [0.1, 0.15) is 10.5 Å². The van der Waals surface area contributed by atoms with E-state index in [4.69, 9.17) is 10.6 Å². The van der Waals surface area contributed by atoms with Gasteiger partial charge in [0.2, 0.25) is 0 Å². The van der Waals surface area contributed by atoms with E-state index in [1.54, 1.807) is 0 Å². The van der Waals surface area contributed by atoms with Gasteiger partial charge in [-0.25, -0.2) is 19.3 Å². The number of amides is 1. The molecule has 0 spiro atoms. The van der Waals surface area contributed by atoms with Gasteiger partial charge in [-0.3, -0.25) is 10.2 Å². The van der Waals surface area contributed by atoms with E-state index in [1.807, 2.05) is 5.43 Å². The van der Waals surface area contributed by atoms with Crippen LogP contribution in [0.3, 0.4) is 0 Å². The molecule has 1 amide bonds. The summed E-state index contributed by atoms with van der Waals surface area (Å²) in [6.07, 6.45) is 1.34. The second-order valence-electron chi connectivity index (χ2n) is 3.74. The van der Waals surface area contributed by atoms with Gasteiger partial charge in [-0.1, -0.05) is 11.3 Å². The average Bonchev–Trinajstić information content (AvgIpc) is 2.90. The fraction of sp³-hybridized carbons (Fsp3) is 0.182. The van der Waals surface area contributed by atoms with Crippen molar-refractivity contribution in [3.63, 3.8) is 0 Å². The average molecular weight is 283 g/mol. The van der Waals surface area contributed by atoms with Crippen LogP contribution < -0.4 is 16.0 Å². The smallest absolute Gasteiger partial charge is 0.287 e. The molecular formula is C11H11F2N5O2. The molecule has 2 aromatic rings. The minimum atomic E-state index is -0.785. The van der Waals surface area contributed by atoms with Crippen molar-refractivity contribution in [1.82, 2.24) is 20.4 Å². The maximum absolute atomic E-state index is 13.3. The zero-order valence-electron chi connectivity index (χ0n) is 10.2. The molecule has 0 atom stereocenters. The van der Waals surface area contributed by atoms with Crippen LogP contribution in [0, 0.1) is 11.6 Å². The van der Waals surface area contributed by atoms with Crippen LogP contribution in [-0.2, 0) is 6.54 Å². The number of nitrogens with one attached hydrogen (secondary N) is 1. The van der Waals surface area contributed by atoms with Gasteiger partial charge in [-0.15, -0.1) is 5.10 Å². The summed E-state index contributed by atoms with van der Waals surface area (Å²) in [6, 6.07) is 3.43. The molecule has 0 radical (unpaired) electrons. The summed E-state index contributed by atoms with van der Waals surface area (Å²) < 4.78 is 32.8. The number of ether oxygens (including phenoxy) is 1. The normalized spacial score (nSPS) is 10.3. The highest BCUT2D eigenvalue weighted by molar-refractivity contribution is 5.91. The van der Waals surface area contributed by atoms with Crippen LogP contribution in [-0.4, -0.2) is 27.5 Å². The van der Waals surface area contributed by atoms with Crippen molar-refractivity contribution in [3.05, 3.63) is 41.7 Å². The lowest BCUT2D eigenvalue weighted by Crippen LogP contribution is -2.30. The van der Waals surface area contributed by atoms with Crippen molar-refractivity contribution < 1.29 is 18.3 Å². The number of hydrogen-bond donors (Lipinski definition) is 2. The summed E-state index contributed by atoms with van der Waals surface area (Å²) in [5, 5.41) is 7.21. The molecule has 0 saturated heterocycles. The van der Waals surface area contributed by atoms with Crippen LogP contribution in [0.15, 0.2) is 24.4 Å². The minimum absolute atomic E-state index is 0.0320. The van der Waals surface area contributed by atoms with Gasteiger partial charge in [0.15, 0.2) is 23.1 Å². The molecule has 7 nitrogen and oxygen atoms in total. The number of carbonyl (C=O) groups excluding carboxylic acids is 1. The van der Waals surface area contributed by atoms with Gasteiger partial charge >= 0.3 is 0 Å². The molecule has 106 valence electrons. The number of hydrogen-bond acceptors (Lipinski definition) is 5. The number of carbonyl (C=O) groups is 1. The lowest BCUT2D eigenvalue weighted by molar-refractivity contribution is 0.0948. The van der Waals surface area contributed by atoms with E-state index < -0.39 is 23.3 Å². The zero-order chi connectivity index (χ0) is 14.5. The van der Waals surface area contributed by atoms with Gasteiger partial charge in [0, 0.05) is 0 Å². The number of rotatable bonds is 5. The topological polar surface area (TPSA) is 95.1 Å². The highest BCUT2D eigenvalue weighted by Crippen LogP contribution is 2.20. The monoisotopic (exact) mass is 283 g/mol. The van der Waals surface area contributed by atoms with Gasteiger partial charge in [0.25, 0.3) is 5.91 Å². The number of benzene rings is 1. The lowest BCUT2D eigenvalue weighted by atomic mass is 10.3. The number of aromatic nitrogens is 3. The third-order valence-corrected chi connectivity index (χ3v) is 2.39.